The molecule has 5 heteroatoms. The molecule has 2 rings (SSSR count). The number of nitrogens with one attached hydrogen (secondary N) is 1. The number of rotatable bonds is 8. The Morgan fingerprint density at radius 1 is 1.17 bits per heavy atom. The van der Waals surface area contributed by atoms with Crippen LogP contribution in [0.4, 0.5) is 5.00 Å². The Kier molecular flexibility index (Phi) is 6.79. The van der Waals surface area contributed by atoms with Gasteiger partial charge in [0.15, 0.2) is 0 Å². The van der Waals surface area contributed by atoms with Gasteiger partial charge in [0, 0.05) is 16.0 Å². The van der Waals surface area contributed by atoms with Gasteiger partial charge in [-0.15, -0.1) is 11.3 Å². The van der Waals surface area contributed by atoms with Crippen LogP contribution in [0.25, 0.3) is 10.1 Å². The van der Waals surface area contributed by atoms with Gasteiger partial charge in [-0.05, 0) is 25.3 Å². The molecule has 0 saturated carbocycles. The van der Waals surface area contributed by atoms with Crippen molar-refractivity contribution in [2.45, 2.75) is 46.5 Å². The standard InChI is InChI=1S/C19H25NO3S/c1-4-7-12-23-19(22)16-14-10-8-9-11-15(14)24-18(16)20-17(21)13(5-2)6-3/h8-11,13H,4-7,12H2,1-3H3,(H,20,21). The van der Waals surface area contributed by atoms with Gasteiger partial charge in [0.2, 0.25) is 5.91 Å². The van der Waals surface area contributed by atoms with Crippen molar-refractivity contribution < 1.29 is 14.3 Å². The van der Waals surface area contributed by atoms with Crippen LogP contribution < -0.4 is 5.32 Å². The minimum Gasteiger partial charge on any atom is -0.462 e. The van der Waals surface area contributed by atoms with E-state index < -0.39 is 0 Å². The Balaban J connectivity index is 2.32. The third kappa shape index (κ3) is 4.15. The molecule has 0 aliphatic rings. The summed E-state index contributed by atoms with van der Waals surface area (Å²) in [5, 5.41) is 4.38. The van der Waals surface area contributed by atoms with Crippen LogP contribution in [0.3, 0.4) is 0 Å². The molecular formula is C19H25NO3S. The molecule has 0 bridgehead atoms. The molecule has 1 amide bonds. The number of anilines is 1. The number of unbranched alkanes of at least 4 members (excludes halogenated alkanes) is 1. The van der Waals surface area contributed by atoms with E-state index in [-0.39, 0.29) is 17.8 Å². The molecule has 0 fully saturated rings. The van der Waals surface area contributed by atoms with E-state index in [2.05, 4.69) is 12.2 Å². The Hall–Kier alpha value is -1.88. The second-order valence-corrected chi connectivity index (χ2v) is 6.85. The van der Waals surface area contributed by atoms with Crippen molar-refractivity contribution in [3.8, 4) is 0 Å². The highest BCUT2D eigenvalue weighted by Crippen LogP contribution is 2.36. The Morgan fingerprint density at radius 3 is 2.54 bits per heavy atom. The summed E-state index contributed by atoms with van der Waals surface area (Å²) in [7, 11) is 0. The van der Waals surface area contributed by atoms with Crippen molar-refractivity contribution in [2.24, 2.45) is 5.92 Å². The smallest absolute Gasteiger partial charge is 0.341 e. The second kappa shape index (κ2) is 8.83. The van der Waals surface area contributed by atoms with Crippen LogP contribution >= 0.6 is 11.3 Å². The van der Waals surface area contributed by atoms with Gasteiger partial charge in [-0.25, -0.2) is 4.79 Å². The Bertz CT molecular complexity index is 704. The van der Waals surface area contributed by atoms with Gasteiger partial charge in [-0.1, -0.05) is 45.4 Å². The van der Waals surface area contributed by atoms with Crippen LogP contribution in [0.5, 0.6) is 0 Å². The molecule has 1 N–H and O–H groups in total. The molecule has 0 aliphatic carbocycles. The van der Waals surface area contributed by atoms with Crippen LogP contribution in [-0.2, 0) is 9.53 Å². The van der Waals surface area contributed by atoms with E-state index in [1.807, 2.05) is 38.1 Å². The SMILES string of the molecule is CCCCOC(=O)c1c(NC(=O)C(CC)CC)sc2ccccc12. The summed E-state index contributed by atoms with van der Waals surface area (Å²) < 4.78 is 6.36. The molecule has 4 nitrogen and oxygen atoms in total. The number of hydrogen-bond donors (Lipinski definition) is 1. The summed E-state index contributed by atoms with van der Waals surface area (Å²) in [6.45, 7) is 6.45. The minimum atomic E-state index is -0.360. The van der Waals surface area contributed by atoms with Crippen LogP contribution in [0.15, 0.2) is 24.3 Å². The second-order valence-electron chi connectivity index (χ2n) is 5.79. The largest absolute Gasteiger partial charge is 0.462 e. The highest BCUT2D eigenvalue weighted by molar-refractivity contribution is 7.23. The Morgan fingerprint density at radius 2 is 1.88 bits per heavy atom. The van der Waals surface area contributed by atoms with Gasteiger partial charge in [-0.3, -0.25) is 4.79 Å². The van der Waals surface area contributed by atoms with Gasteiger partial charge >= 0.3 is 5.97 Å². The molecular weight excluding hydrogens is 322 g/mol. The van der Waals surface area contributed by atoms with Crippen LogP contribution in [-0.4, -0.2) is 18.5 Å². The van der Waals surface area contributed by atoms with Crippen molar-refractivity contribution in [3.63, 3.8) is 0 Å². The van der Waals surface area contributed by atoms with Crippen LogP contribution in [0, 0.1) is 5.92 Å². The molecule has 2 aromatic rings. The zero-order chi connectivity index (χ0) is 17.5. The fourth-order valence-corrected chi connectivity index (χ4v) is 3.68. The first-order valence-corrected chi connectivity index (χ1v) is 9.43. The maximum absolute atomic E-state index is 12.5. The molecule has 1 heterocycles. The van der Waals surface area contributed by atoms with E-state index >= 15 is 0 Å². The number of carbonyl (C=O) groups is 2. The molecule has 24 heavy (non-hydrogen) atoms. The number of ether oxygens (including phenoxy) is 1. The van der Waals surface area contributed by atoms with Crippen molar-refractivity contribution in [1.29, 1.82) is 0 Å². The van der Waals surface area contributed by atoms with Crippen LogP contribution in [0.1, 0.15) is 56.8 Å². The lowest BCUT2D eigenvalue weighted by Gasteiger charge is -2.13. The average Bonchev–Trinajstić information content (AvgIpc) is 2.93. The van der Waals surface area contributed by atoms with Crippen LogP contribution in [0.2, 0.25) is 0 Å². The predicted molar refractivity (Wildman–Crippen MR) is 99.7 cm³/mol. The molecule has 0 spiro atoms. The number of carbonyl (C=O) groups excluding carboxylic acids is 2. The maximum Gasteiger partial charge on any atom is 0.341 e. The monoisotopic (exact) mass is 347 g/mol. The first kappa shape index (κ1) is 18.5. The fraction of sp³-hybridized carbons (Fsp3) is 0.474. The molecule has 0 unspecified atom stereocenters. The normalized spacial score (nSPS) is 11.0. The average molecular weight is 347 g/mol. The van der Waals surface area contributed by atoms with Crippen molar-refractivity contribution in [1.82, 2.24) is 0 Å². The zero-order valence-corrected chi connectivity index (χ0v) is 15.4. The maximum atomic E-state index is 12.5. The number of thiophene rings is 1. The van der Waals surface area contributed by atoms with Crippen molar-refractivity contribution in [3.05, 3.63) is 29.8 Å². The lowest BCUT2D eigenvalue weighted by molar-refractivity contribution is -0.120. The third-order valence-corrected chi connectivity index (χ3v) is 5.21. The molecule has 1 aromatic heterocycles. The molecule has 130 valence electrons. The summed E-state index contributed by atoms with van der Waals surface area (Å²) in [4.78, 5) is 25.0. The highest BCUT2D eigenvalue weighted by atomic mass is 32.1. The van der Waals surface area contributed by atoms with Gasteiger partial charge < -0.3 is 10.1 Å². The first-order chi connectivity index (χ1) is 11.6. The summed E-state index contributed by atoms with van der Waals surface area (Å²) in [6.07, 6.45) is 3.37. The Labute approximate surface area is 147 Å². The molecule has 0 radical (unpaired) electrons. The number of hydrogen-bond acceptors (Lipinski definition) is 4. The van der Waals surface area contributed by atoms with Crippen molar-refractivity contribution >= 4 is 38.3 Å². The van der Waals surface area contributed by atoms with Gasteiger partial charge in [0.25, 0.3) is 0 Å². The number of benzene rings is 1. The van der Waals surface area contributed by atoms with E-state index in [1.54, 1.807) is 0 Å². The van der Waals surface area contributed by atoms with E-state index in [0.717, 1.165) is 35.8 Å². The third-order valence-electron chi connectivity index (χ3n) is 4.12. The first-order valence-electron chi connectivity index (χ1n) is 8.61. The summed E-state index contributed by atoms with van der Waals surface area (Å²) >= 11 is 1.43. The zero-order valence-electron chi connectivity index (χ0n) is 14.6. The number of fused-ring (bicyclic) bond motifs is 1. The van der Waals surface area contributed by atoms with Crippen molar-refractivity contribution in [2.75, 3.05) is 11.9 Å². The van der Waals surface area contributed by atoms with Gasteiger partial charge in [0.1, 0.15) is 10.6 Å². The lowest BCUT2D eigenvalue weighted by atomic mass is 10.0. The predicted octanol–water partition coefficient (Wildman–Crippen LogP) is 5.23. The topological polar surface area (TPSA) is 55.4 Å². The molecule has 0 saturated heterocycles. The summed E-state index contributed by atoms with van der Waals surface area (Å²) in [5.41, 5.74) is 0.478. The fourth-order valence-electron chi connectivity index (χ4n) is 2.59. The van der Waals surface area contributed by atoms with E-state index in [0.29, 0.717) is 17.2 Å². The lowest BCUT2D eigenvalue weighted by Crippen LogP contribution is -2.22. The highest BCUT2D eigenvalue weighted by Gasteiger charge is 2.23. The molecule has 1 aromatic carbocycles. The van der Waals surface area contributed by atoms with Gasteiger partial charge in [0.05, 0.1) is 6.61 Å². The summed E-state index contributed by atoms with van der Waals surface area (Å²) in [5.74, 6) is -0.436. The number of amides is 1. The molecule has 0 aliphatic heterocycles. The van der Waals surface area contributed by atoms with E-state index in [4.69, 9.17) is 4.74 Å². The quantitative estimate of drug-likeness (QED) is 0.525. The van der Waals surface area contributed by atoms with Gasteiger partial charge in [-0.2, -0.15) is 0 Å². The summed E-state index contributed by atoms with van der Waals surface area (Å²) in [6, 6.07) is 7.67. The van der Waals surface area contributed by atoms with E-state index in [9.17, 15) is 9.59 Å². The molecule has 0 atom stereocenters. The van der Waals surface area contributed by atoms with E-state index in [1.165, 1.54) is 11.3 Å². The number of esters is 1. The minimum absolute atomic E-state index is 0.0332.